The second kappa shape index (κ2) is 7.61. The third kappa shape index (κ3) is 5.59. The Morgan fingerprint density at radius 1 is 1.20 bits per heavy atom. The van der Waals surface area contributed by atoms with Gasteiger partial charge in [0.05, 0.1) is 0 Å². The molecule has 4 N–H and O–H groups in total. The molecule has 0 aromatic heterocycles. The summed E-state index contributed by atoms with van der Waals surface area (Å²) in [5.74, 6) is 0. The van der Waals surface area contributed by atoms with Gasteiger partial charge in [0.15, 0.2) is 12.7 Å². The average molecular weight is 278 g/mol. The fourth-order valence-electron chi connectivity index (χ4n) is 0.627. The van der Waals surface area contributed by atoms with Gasteiger partial charge in [-0.1, -0.05) is 0 Å². The maximum Gasteiger partial charge on any atom is 1.00 e. The molecule has 0 amide bonds. The van der Waals surface area contributed by atoms with Gasteiger partial charge in [0, 0.05) is 6.42 Å². The minimum atomic E-state index is -5.88. The summed E-state index contributed by atoms with van der Waals surface area (Å²) in [7, 11) is -11.6. The SMILES string of the molecule is NCCC(O)(P(=O)([O-])[O-])P(=O)([O-])O.[Na+].[Na+]. The number of rotatable bonds is 4. The molecule has 0 aliphatic rings. The molecule has 0 fully saturated rings. The van der Waals surface area contributed by atoms with Crippen molar-refractivity contribution in [1.29, 1.82) is 0 Å². The topological polar surface area (TPSA) is 170 Å². The molecule has 2 unspecified atom stereocenters. The zero-order valence-electron chi connectivity index (χ0n) is 8.32. The Hall–Kier alpha value is 2.22. The summed E-state index contributed by atoms with van der Waals surface area (Å²) in [5.41, 5.74) is 4.78. The summed E-state index contributed by atoms with van der Waals surface area (Å²) in [4.78, 5) is 39.4. The summed E-state index contributed by atoms with van der Waals surface area (Å²) < 4.78 is 20.7. The molecule has 0 aliphatic carbocycles. The van der Waals surface area contributed by atoms with Crippen molar-refractivity contribution in [1.82, 2.24) is 0 Å². The molecule has 0 saturated carbocycles. The third-order valence-corrected chi connectivity index (χ3v) is 5.09. The number of aliphatic hydroxyl groups is 1. The fraction of sp³-hybridized carbons (Fsp3) is 1.00. The molecule has 15 heavy (non-hydrogen) atoms. The van der Waals surface area contributed by atoms with Gasteiger partial charge in [0.2, 0.25) is 0 Å². The first kappa shape index (κ1) is 22.4. The molecule has 0 spiro atoms. The Labute approximate surface area is 131 Å². The second-order valence-electron chi connectivity index (χ2n) is 2.33. The van der Waals surface area contributed by atoms with Crippen molar-refractivity contribution in [3.05, 3.63) is 0 Å². The van der Waals surface area contributed by atoms with E-state index in [0.29, 0.717) is 0 Å². The van der Waals surface area contributed by atoms with E-state index in [1.54, 1.807) is 0 Å². The molecule has 0 aromatic rings. The number of hydrogen-bond donors (Lipinski definition) is 3. The minimum Gasteiger partial charge on any atom is -0.808 e. The molecule has 8 nitrogen and oxygen atoms in total. The van der Waals surface area contributed by atoms with Crippen LogP contribution < -0.4 is 79.5 Å². The summed E-state index contributed by atoms with van der Waals surface area (Å²) in [6.45, 7) is -0.572. The molecule has 2 atom stereocenters. The van der Waals surface area contributed by atoms with Crippen LogP contribution in [-0.2, 0) is 9.13 Å². The van der Waals surface area contributed by atoms with Crippen LogP contribution in [0.5, 0.6) is 0 Å². The predicted molar refractivity (Wildman–Crippen MR) is 36.1 cm³/mol. The first-order valence-electron chi connectivity index (χ1n) is 3.05. The molecule has 0 saturated heterocycles. The summed E-state index contributed by atoms with van der Waals surface area (Å²) in [6.07, 6.45) is -1.06. The smallest absolute Gasteiger partial charge is 0.808 e. The summed E-state index contributed by atoms with van der Waals surface area (Å²) in [6, 6.07) is 0. The molecule has 0 aliphatic heterocycles. The summed E-state index contributed by atoms with van der Waals surface area (Å²) in [5, 5.41) is 5.19. The van der Waals surface area contributed by atoms with Crippen molar-refractivity contribution in [2.75, 3.05) is 6.54 Å². The minimum absolute atomic E-state index is 0. The van der Waals surface area contributed by atoms with Crippen LogP contribution in [0.15, 0.2) is 0 Å². The van der Waals surface area contributed by atoms with Crippen LogP contribution in [0.4, 0.5) is 0 Å². The largest absolute Gasteiger partial charge is 1.00 e. The normalized spacial score (nSPS) is 19.1. The Balaban J connectivity index is -0.000000720. The van der Waals surface area contributed by atoms with Crippen LogP contribution in [0.1, 0.15) is 6.42 Å². The van der Waals surface area contributed by atoms with E-state index < -0.39 is 33.2 Å². The van der Waals surface area contributed by atoms with E-state index in [1.807, 2.05) is 0 Å². The van der Waals surface area contributed by atoms with Crippen LogP contribution in [0.25, 0.3) is 0 Å². The molecular weight excluding hydrogens is 270 g/mol. The molecule has 0 heterocycles. The zero-order chi connectivity index (χ0) is 10.9. The van der Waals surface area contributed by atoms with Gasteiger partial charge in [-0.15, -0.1) is 0 Å². The number of nitrogens with two attached hydrogens (primary N) is 1. The van der Waals surface area contributed by atoms with Crippen LogP contribution in [-0.4, -0.2) is 21.6 Å². The van der Waals surface area contributed by atoms with Crippen LogP contribution in [0.2, 0.25) is 0 Å². The maximum atomic E-state index is 10.4. The first-order valence-corrected chi connectivity index (χ1v) is 6.17. The first-order chi connectivity index (χ1) is 5.56. The quantitative estimate of drug-likeness (QED) is 0.336. The van der Waals surface area contributed by atoms with E-state index in [9.17, 15) is 23.8 Å². The Morgan fingerprint density at radius 3 is 1.60 bits per heavy atom. The van der Waals surface area contributed by atoms with Crippen molar-refractivity contribution in [3.63, 3.8) is 0 Å². The van der Waals surface area contributed by atoms with Gasteiger partial charge < -0.3 is 39.5 Å². The van der Waals surface area contributed by atoms with Gasteiger partial charge in [-0.2, -0.15) is 0 Å². The third-order valence-electron chi connectivity index (χ3n) is 1.37. The monoisotopic (exact) mass is 278 g/mol. The molecule has 0 bridgehead atoms. The van der Waals surface area contributed by atoms with Crippen molar-refractivity contribution in [3.8, 4) is 0 Å². The molecular formula is C3H8NNa2O7P2-. The second-order valence-corrected chi connectivity index (χ2v) is 6.20. The zero-order valence-corrected chi connectivity index (χ0v) is 14.1. The van der Waals surface area contributed by atoms with Crippen LogP contribution in [0, 0.1) is 0 Å². The number of hydrogen-bond acceptors (Lipinski definition) is 7. The predicted octanol–water partition coefficient (Wildman–Crippen LogP) is -9.55. The molecule has 0 radical (unpaired) electrons. The van der Waals surface area contributed by atoms with E-state index >= 15 is 0 Å². The van der Waals surface area contributed by atoms with Crippen molar-refractivity contribution >= 4 is 15.2 Å². The maximum absolute atomic E-state index is 10.4. The standard InChI is InChI=1S/C3H11NO7P2.2Na/c4-2-1-3(5,12(6,7)8)13(9,10)11;;/h5H,1-2,4H2,(H2,6,7,8)(H2,9,10,11);;/q;2*+1/p-3. The summed E-state index contributed by atoms with van der Waals surface area (Å²) >= 11 is 0. The van der Waals surface area contributed by atoms with E-state index in [2.05, 4.69) is 0 Å². The molecule has 0 aromatic carbocycles. The Morgan fingerprint density at radius 2 is 1.53 bits per heavy atom. The van der Waals surface area contributed by atoms with Crippen LogP contribution >= 0.6 is 15.2 Å². The van der Waals surface area contributed by atoms with E-state index in [4.69, 9.17) is 15.7 Å². The van der Waals surface area contributed by atoms with Crippen molar-refractivity contribution < 1.29 is 92.9 Å². The fourth-order valence-corrected chi connectivity index (χ4v) is 2.68. The van der Waals surface area contributed by atoms with Gasteiger partial charge >= 0.3 is 59.1 Å². The van der Waals surface area contributed by atoms with Gasteiger partial charge in [0.1, 0.15) is 0 Å². The average Bonchev–Trinajstić information content (AvgIpc) is 1.82. The molecule has 0 rings (SSSR count). The Bertz CT molecular complexity index is 251. The molecule has 12 heteroatoms. The molecule has 80 valence electrons. The van der Waals surface area contributed by atoms with E-state index in [-0.39, 0.29) is 59.1 Å². The van der Waals surface area contributed by atoms with Gasteiger partial charge in [-0.3, -0.25) is 0 Å². The van der Waals surface area contributed by atoms with Gasteiger partial charge in [0.25, 0.3) is 0 Å². The van der Waals surface area contributed by atoms with Crippen molar-refractivity contribution in [2.24, 2.45) is 5.73 Å². The van der Waals surface area contributed by atoms with Crippen LogP contribution in [0.3, 0.4) is 0 Å². The van der Waals surface area contributed by atoms with Gasteiger partial charge in [-0.05, 0) is 14.1 Å². The van der Waals surface area contributed by atoms with E-state index in [0.717, 1.165) is 0 Å². The van der Waals surface area contributed by atoms with E-state index in [1.165, 1.54) is 0 Å². The van der Waals surface area contributed by atoms with Gasteiger partial charge in [-0.25, -0.2) is 0 Å². The Kier molecular flexibility index (Phi) is 11.4. The van der Waals surface area contributed by atoms with Crippen molar-refractivity contribution in [2.45, 2.75) is 11.5 Å².